The van der Waals surface area contributed by atoms with Crippen molar-refractivity contribution < 1.29 is 9.18 Å². The summed E-state index contributed by atoms with van der Waals surface area (Å²) in [6, 6.07) is 3.94. The number of carbonyl (C=O) groups excluding carboxylic acids is 1. The van der Waals surface area contributed by atoms with Gasteiger partial charge in [0.25, 0.3) is 5.91 Å². The fourth-order valence-corrected chi connectivity index (χ4v) is 4.53. The van der Waals surface area contributed by atoms with Crippen molar-refractivity contribution in [2.75, 3.05) is 38.1 Å². The molecule has 1 aliphatic heterocycles. The number of anilines is 1. The third-order valence-corrected chi connectivity index (χ3v) is 6.88. The van der Waals surface area contributed by atoms with Crippen LogP contribution in [0.2, 0.25) is 0 Å². The molecule has 2 atom stereocenters. The van der Waals surface area contributed by atoms with E-state index < -0.39 is 5.95 Å². The van der Waals surface area contributed by atoms with E-state index in [4.69, 9.17) is 0 Å². The van der Waals surface area contributed by atoms with Crippen LogP contribution in [0.25, 0.3) is 0 Å². The van der Waals surface area contributed by atoms with Crippen LogP contribution in [-0.2, 0) is 0 Å². The van der Waals surface area contributed by atoms with Crippen LogP contribution < -0.4 is 10.2 Å². The van der Waals surface area contributed by atoms with E-state index in [1.54, 1.807) is 12.1 Å². The van der Waals surface area contributed by atoms with Crippen molar-refractivity contribution in [3.05, 3.63) is 23.8 Å². The van der Waals surface area contributed by atoms with Crippen LogP contribution in [-0.4, -0.2) is 55.1 Å². The van der Waals surface area contributed by atoms with Gasteiger partial charge in [0.15, 0.2) is 0 Å². The van der Waals surface area contributed by atoms with Crippen LogP contribution in [0.4, 0.5) is 10.1 Å². The van der Waals surface area contributed by atoms with Crippen LogP contribution in [0.1, 0.15) is 56.9 Å². The number of aromatic nitrogens is 1. The molecule has 1 saturated heterocycles. The molecule has 1 aromatic rings. The molecule has 3 rings (SSSR count). The molecule has 0 radical (unpaired) electrons. The van der Waals surface area contributed by atoms with E-state index in [0.29, 0.717) is 17.1 Å². The molecular weight excluding hydrogens is 343 g/mol. The minimum atomic E-state index is -0.560. The maximum atomic E-state index is 14.4. The summed E-state index contributed by atoms with van der Waals surface area (Å²) in [5.41, 5.74) is 1.05. The SMILES string of the molecule is CCC(C)(C)C1CCC(N2CCN(c3ccc(C(=O)NC)nc3F)CC2)C1. The first-order valence-corrected chi connectivity index (χ1v) is 10.2. The van der Waals surface area contributed by atoms with Crippen LogP contribution in [0, 0.1) is 17.3 Å². The number of piperazine rings is 1. The molecule has 2 heterocycles. The molecule has 1 N–H and O–H groups in total. The topological polar surface area (TPSA) is 48.5 Å². The van der Waals surface area contributed by atoms with Gasteiger partial charge in [-0.3, -0.25) is 9.69 Å². The number of pyridine rings is 1. The van der Waals surface area contributed by atoms with Gasteiger partial charge in [-0.25, -0.2) is 4.98 Å². The number of amides is 1. The van der Waals surface area contributed by atoms with Gasteiger partial charge in [-0.1, -0.05) is 27.2 Å². The molecule has 1 aliphatic carbocycles. The predicted molar refractivity (Wildman–Crippen MR) is 107 cm³/mol. The maximum Gasteiger partial charge on any atom is 0.269 e. The van der Waals surface area contributed by atoms with Gasteiger partial charge in [-0.15, -0.1) is 0 Å². The van der Waals surface area contributed by atoms with Gasteiger partial charge >= 0.3 is 0 Å². The van der Waals surface area contributed by atoms with Gasteiger partial charge < -0.3 is 10.2 Å². The van der Waals surface area contributed by atoms with Crippen molar-refractivity contribution in [1.82, 2.24) is 15.2 Å². The number of nitrogens with zero attached hydrogens (tertiary/aromatic N) is 3. The van der Waals surface area contributed by atoms with Crippen LogP contribution in [0.5, 0.6) is 0 Å². The minimum absolute atomic E-state index is 0.118. The molecule has 1 amide bonds. The Labute approximate surface area is 162 Å². The van der Waals surface area contributed by atoms with Gasteiger partial charge in [0.05, 0.1) is 5.69 Å². The van der Waals surface area contributed by atoms with Crippen molar-refractivity contribution in [3.8, 4) is 0 Å². The number of hydrogen-bond acceptors (Lipinski definition) is 4. The second-order valence-corrected chi connectivity index (χ2v) is 8.61. The summed E-state index contributed by atoms with van der Waals surface area (Å²) in [5, 5.41) is 2.47. The van der Waals surface area contributed by atoms with Gasteiger partial charge in [-0.2, -0.15) is 4.39 Å². The van der Waals surface area contributed by atoms with Crippen LogP contribution >= 0.6 is 0 Å². The molecule has 0 aromatic carbocycles. The molecule has 5 nitrogen and oxygen atoms in total. The summed E-state index contributed by atoms with van der Waals surface area (Å²) in [5.74, 6) is -0.115. The number of rotatable bonds is 5. The van der Waals surface area contributed by atoms with E-state index in [-0.39, 0.29) is 11.6 Å². The monoisotopic (exact) mass is 376 g/mol. The maximum absolute atomic E-state index is 14.4. The summed E-state index contributed by atoms with van der Waals surface area (Å²) < 4.78 is 14.4. The average molecular weight is 377 g/mol. The van der Waals surface area contributed by atoms with E-state index in [0.717, 1.165) is 32.1 Å². The highest BCUT2D eigenvalue weighted by atomic mass is 19.1. The number of nitrogens with one attached hydrogen (secondary N) is 1. The lowest BCUT2D eigenvalue weighted by Crippen LogP contribution is -2.50. The zero-order valence-corrected chi connectivity index (χ0v) is 17.1. The van der Waals surface area contributed by atoms with Gasteiger partial charge in [0.1, 0.15) is 5.69 Å². The summed E-state index contributed by atoms with van der Waals surface area (Å²) >= 11 is 0. The molecule has 1 saturated carbocycles. The zero-order chi connectivity index (χ0) is 19.6. The highest BCUT2D eigenvalue weighted by Gasteiger charge is 2.37. The number of halogens is 1. The molecule has 0 bridgehead atoms. The Morgan fingerprint density at radius 3 is 2.56 bits per heavy atom. The number of hydrogen-bond donors (Lipinski definition) is 1. The summed E-state index contributed by atoms with van der Waals surface area (Å²) in [7, 11) is 1.52. The molecule has 2 unspecified atom stereocenters. The van der Waals surface area contributed by atoms with E-state index in [2.05, 4.69) is 40.9 Å². The molecule has 1 aromatic heterocycles. The van der Waals surface area contributed by atoms with Crippen LogP contribution in [0.15, 0.2) is 12.1 Å². The lowest BCUT2D eigenvalue weighted by molar-refractivity contribution is 0.0957. The summed E-state index contributed by atoms with van der Waals surface area (Å²) in [6.45, 7) is 10.6. The van der Waals surface area contributed by atoms with Crippen molar-refractivity contribution in [3.63, 3.8) is 0 Å². The lowest BCUT2D eigenvalue weighted by Gasteiger charge is -2.39. The quantitative estimate of drug-likeness (QED) is 0.801. The van der Waals surface area contributed by atoms with Gasteiger partial charge in [0, 0.05) is 39.3 Å². The largest absolute Gasteiger partial charge is 0.365 e. The van der Waals surface area contributed by atoms with E-state index in [1.165, 1.54) is 32.7 Å². The highest BCUT2D eigenvalue weighted by molar-refractivity contribution is 5.92. The summed E-state index contributed by atoms with van der Waals surface area (Å²) in [6.07, 6.45) is 5.13. The molecule has 27 heavy (non-hydrogen) atoms. The van der Waals surface area contributed by atoms with E-state index in [1.807, 2.05) is 0 Å². The first-order chi connectivity index (χ1) is 12.9. The zero-order valence-electron chi connectivity index (χ0n) is 17.1. The number of carbonyl (C=O) groups is 1. The Balaban J connectivity index is 1.57. The van der Waals surface area contributed by atoms with Crippen molar-refractivity contribution in [2.45, 2.75) is 52.5 Å². The third kappa shape index (κ3) is 4.26. The standard InChI is InChI=1S/C21H33FN4O/c1-5-21(2,3)15-6-7-16(14-15)25-10-12-26(13-11-25)18-9-8-17(20(27)23-4)24-19(18)22/h8-9,15-16H,5-7,10-14H2,1-4H3,(H,23,27). The Morgan fingerprint density at radius 2 is 1.96 bits per heavy atom. The van der Waals surface area contributed by atoms with Crippen molar-refractivity contribution in [2.24, 2.45) is 11.3 Å². The molecule has 6 heteroatoms. The minimum Gasteiger partial charge on any atom is -0.365 e. The van der Waals surface area contributed by atoms with E-state index in [9.17, 15) is 9.18 Å². The Kier molecular flexibility index (Phi) is 6.04. The first-order valence-electron chi connectivity index (χ1n) is 10.2. The van der Waals surface area contributed by atoms with Crippen LogP contribution in [0.3, 0.4) is 0 Å². The van der Waals surface area contributed by atoms with Gasteiger partial charge in [-0.05, 0) is 42.7 Å². The second kappa shape index (κ2) is 8.13. The highest BCUT2D eigenvalue weighted by Crippen LogP contribution is 2.43. The average Bonchev–Trinajstić information content (AvgIpc) is 3.18. The Bertz CT molecular complexity index is 670. The molecular formula is C21H33FN4O. The summed E-state index contributed by atoms with van der Waals surface area (Å²) in [4.78, 5) is 20.1. The fourth-order valence-electron chi connectivity index (χ4n) is 4.53. The Morgan fingerprint density at radius 1 is 1.26 bits per heavy atom. The van der Waals surface area contributed by atoms with Crippen molar-refractivity contribution >= 4 is 11.6 Å². The Hall–Kier alpha value is -1.69. The molecule has 150 valence electrons. The molecule has 2 aliphatic rings. The van der Waals surface area contributed by atoms with E-state index >= 15 is 0 Å². The predicted octanol–water partition coefficient (Wildman–Crippen LogP) is 3.31. The first kappa shape index (κ1) is 20.1. The molecule has 0 spiro atoms. The normalized spacial score (nSPS) is 24.3. The third-order valence-electron chi connectivity index (χ3n) is 6.88. The van der Waals surface area contributed by atoms with Crippen molar-refractivity contribution in [1.29, 1.82) is 0 Å². The molecule has 2 fully saturated rings. The second-order valence-electron chi connectivity index (χ2n) is 8.61. The smallest absolute Gasteiger partial charge is 0.269 e. The van der Waals surface area contributed by atoms with Gasteiger partial charge in [0.2, 0.25) is 5.95 Å². The lowest BCUT2D eigenvalue weighted by atomic mass is 9.76. The fraction of sp³-hybridized carbons (Fsp3) is 0.714.